The van der Waals surface area contributed by atoms with Gasteiger partial charge in [0.25, 0.3) is 0 Å². The van der Waals surface area contributed by atoms with Crippen LogP contribution in [0, 0.1) is 0 Å². The van der Waals surface area contributed by atoms with Gasteiger partial charge in [0.05, 0.1) is 24.0 Å². The molecule has 1 saturated heterocycles. The molecule has 0 aromatic heterocycles. The van der Waals surface area contributed by atoms with Crippen LogP contribution in [-0.2, 0) is 27.6 Å². The summed E-state index contributed by atoms with van der Waals surface area (Å²) in [6.07, 6.45) is 0.350. The predicted octanol–water partition coefficient (Wildman–Crippen LogP) is 3.35. The molecule has 0 bridgehead atoms. The van der Waals surface area contributed by atoms with Crippen LogP contribution in [0.25, 0.3) is 0 Å². The lowest BCUT2D eigenvalue weighted by Crippen LogP contribution is -2.37. The second kappa shape index (κ2) is 9.04. The van der Waals surface area contributed by atoms with Gasteiger partial charge in [-0.15, -0.1) is 0 Å². The SMILES string of the molecule is CC(C)N(Cc1ccccc1)C(=O)Cc1ccc(NC2=NC3CS(=O)(=O)CC3S2)cc1. The van der Waals surface area contributed by atoms with Crippen molar-refractivity contribution in [3.05, 3.63) is 65.7 Å². The number of fused-ring (bicyclic) bond motifs is 1. The monoisotopic (exact) mass is 457 g/mol. The topological polar surface area (TPSA) is 78.8 Å². The molecule has 0 aliphatic carbocycles. The van der Waals surface area contributed by atoms with Crippen LogP contribution < -0.4 is 5.32 Å². The Balaban J connectivity index is 1.35. The zero-order valence-electron chi connectivity index (χ0n) is 17.7. The maximum Gasteiger partial charge on any atom is 0.227 e. The van der Waals surface area contributed by atoms with E-state index in [0.29, 0.717) is 13.0 Å². The van der Waals surface area contributed by atoms with E-state index in [1.165, 1.54) is 11.8 Å². The summed E-state index contributed by atoms with van der Waals surface area (Å²) in [7, 11) is -2.94. The lowest BCUT2D eigenvalue weighted by Gasteiger charge is -2.27. The summed E-state index contributed by atoms with van der Waals surface area (Å²) in [6, 6.07) is 17.8. The second-order valence-electron chi connectivity index (χ2n) is 8.33. The van der Waals surface area contributed by atoms with Gasteiger partial charge >= 0.3 is 0 Å². The fourth-order valence-corrected chi connectivity index (χ4v) is 7.54. The molecule has 1 N–H and O–H groups in total. The molecule has 164 valence electrons. The van der Waals surface area contributed by atoms with Crippen molar-refractivity contribution < 1.29 is 13.2 Å². The molecule has 2 aliphatic heterocycles. The Labute approximate surface area is 188 Å². The van der Waals surface area contributed by atoms with Crippen molar-refractivity contribution in [2.75, 3.05) is 16.8 Å². The third-order valence-electron chi connectivity index (χ3n) is 5.52. The number of carbonyl (C=O) groups is 1. The maximum atomic E-state index is 12.9. The molecular formula is C23H27N3O3S2. The highest BCUT2D eigenvalue weighted by Gasteiger charge is 2.42. The summed E-state index contributed by atoms with van der Waals surface area (Å²) in [5, 5.41) is 4.06. The quantitative estimate of drug-likeness (QED) is 0.720. The van der Waals surface area contributed by atoms with Crippen molar-refractivity contribution in [2.24, 2.45) is 4.99 Å². The Morgan fingerprint density at radius 1 is 1.10 bits per heavy atom. The fourth-order valence-electron chi connectivity index (χ4n) is 3.86. The van der Waals surface area contributed by atoms with Gasteiger partial charge in [0.2, 0.25) is 5.91 Å². The van der Waals surface area contributed by atoms with Crippen LogP contribution in [0.4, 0.5) is 5.69 Å². The highest BCUT2D eigenvalue weighted by atomic mass is 32.2. The molecule has 8 heteroatoms. The molecular weight excluding hydrogens is 430 g/mol. The highest BCUT2D eigenvalue weighted by Crippen LogP contribution is 2.34. The molecule has 2 aliphatic rings. The van der Waals surface area contributed by atoms with Gasteiger partial charge in [-0.1, -0.05) is 54.2 Å². The largest absolute Gasteiger partial charge is 0.336 e. The van der Waals surface area contributed by atoms with Crippen molar-refractivity contribution in [3.63, 3.8) is 0 Å². The number of anilines is 1. The number of benzene rings is 2. The molecule has 0 radical (unpaired) electrons. The number of carbonyl (C=O) groups excluding carboxylic acids is 1. The van der Waals surface area contributed by atoms with E-state index in [1.807, 2.05) is 73.3 Å². The standard InChI is InChI=1S/C23H27N3O3S2/c1-16(2)26(13-18-6-4-3-5-7-18)22(27)12-17-8-10-19(11-9-17)24-23-25-20-14-31(28,29)15-21(20)30-23/h3-11,16,20-21H,12-15H2,1-2H3,(H,24,25). The fraction of sp³-hybridized carbons (Fsp3) is 0.391. The van der Waals surface area contributed by atoms with Crippen LogP contribution in [0.15, 0.2) is 59.6 Å². The van der Waals surface area contributed by atoms with Crippen LogP contribution in [0.3, 0.4) is 0 Å². The van der Waals surface area contributed by atoms with Gasteiger partial charge in [-0.3, -0.25) is 9.79 Å². The molecule has 2 atom stereocenters. The first kappa shape index (κ1) is 21.9. The first-order valence-corrected chi connectivity index (χ1v) is 13.1. The number of hydrogen-bond acceptors (Lipinski definition) is 6. The Hall–Kier alpha value is -2.32. The molecule has 6 nitrogen and oxygen atoms in total. The zero-order valence-corrected chi connectivity index (χ0v) is 19.3. The minimum absolute atomic E-state index is 0.0241. The molecule has 4 rings (SSSR count). The summed E-state index contributed by atoms with van der Waals surface area (Å²) >= 11 is 1.50. The van der Waals surface area contributed by atoms with Crippen molar-refractivity contribution in [2.45, 2.75) is 44.1 Å². The lowest BCUT2D eigenvalue weighted by atomic mass is 10.1. The summed E-state index contributed by atoms with van der Waals surface area (Å²) < 4.78 is 23.4. The van der Waals surface area contributed by atoms with E-state index in [-0.39, 0.29) is 34.7 Å². The number of thioether (sulfide) groups is 1. The van der Waals surface area contributed by atoms with E-state index in [4.69, 9.17) is 0 Å². The van der Waals surface area contributed by atoms with Crippen LogP contribution in [0.2, 0.25) is 0 Å². The van der Waals surface area contributed by atoms with Gasteiger partial charge in [-0.2, -0.15) is 0 Å². The maximum absolute atomic E-state index is 12.9. The van der Waals surface area contributed by atoms with Crippen molar-refractivity contribution >= 4 is 38.4 Å². The molecule has 31 heavy (non-hydrogen) atoms. The van der Waals surface area contributed by atoms with Gasteiger partial charge in [0.1, 0.15) is 0 Å². The average Bonchev–Trinajstić information content (AvgIpc) is 3.20. The van der Waals surface area contributed by atoms with E-state index in [1.54, 1.807) is 0 Å². The number of nitrogens with zero attached hydrogens (tertiary/aromatic N) is 2. The Kier molecular flexibility index (Phi) is 6.39. The molecule has 2 heterocycles. The number of amidine groups is 1. The summed E-state index contributed by atoms with van der Waals surface area (Å²) in [6.45, 7) is 4.68. The third kappa shape index (κ3) is 5.49. The Bertz CT molecular complexity index is 1070. The smallest absolute Gasteiger partial charge is 0.227 e. The van der Waals surface area contributed by atoms with Gasteiger partial charge in [-0.25, -0.2) is 8.42 Å². The summed E-state index contributed by atoms with van der Waals surface area (Å²) in [5.41, 5.74) is 2.96. The van der Waals surface area contributed by atoms with Crippen molar-refractivity contribution in [1.82, 2.24) is 4.90 Å². The van der Waals surface area contributed by atoms with Crippen LogP contribution in [0.1, 0.15) is 25.0 Å². The van der Waals surface area contributed by atoms with Crippen LogP contribution in [0.5, 0.6) is 0 Å². The second-order valence-corrected chi connectivity index (χ2v) is 11.7. The normalized spacial score (nSPS) is 21.6. The van der Waals surface area contributed by atoms with Gasteiger partial charge in [-0.05, 0) is 37.1 Å². The number of sulfone groups is 1. The number of amides is 1. The molecule has 0 spiro atoms. The Morgan fingerprint density at radius 2 is 1.81 bits per heavy atom. The first-order chi connectivity index (χ1) is 14.8. The molecule has 2 aromatic rings. The molecule has 2 aromatic carbocycles. The predicted molar refractivity (Wildman–Crippen MR) is 127 cm³/mol. The van der Waals surface area contributed by atoms with E-state index in [9.17, 15) is 13.2 Å². The first-order valence-electron chi connectivity index (χ1n) is 10.4. The number of hydrogen-bond donors (Lipinski definition) is 1. The van der Waals surface area contributed by atoms with E-state index in [0.717, 1.165) is 22.0 Å². The summed E-state index contributed by atoms with van der Waals surface area (Å²) in [4.78, 5) is 19.3. The molecule has 2 unspecified atom stereocenters. The summed E-state index contributed by atoms with van der Waals surface area (Å²) in [5.74, 6) is 0.448. The van der Waals surface area contributed by atoms with Gasteiger partial charge < -0.3 is 10.2 Å². The van der Waals surface area contributed by atoms with Gasteiger partial charge in [0, 0.05) is 23.5 Å². The number of aliphatic imine (C=N–C) groups is 1. The lowest BCUT2D eigenvalue weighted by molar-refractivity contribution is -0.132. The van der Waals surface area contributed by atoms with E-state index < -0.39 is 9.84 Å². The van der Waals surface area contributed by atoms with Crippen LogP contribution >= 0.6 is 11.8 Å². The number of nitrogens with one attached hydrogen (secondary N) is 1. The zero-order chi connectivity index (χ0) is 22.0. The minimum atomic E-state index is -2.94. The van der Waals surface area contributed by atoms with E-state index >= 15 is 0 Å². The molecule has 1 fully saturated rings. The van der Waals surface area contributed by atoms with Crippen molar-refractivity contribution in [1.29, 1.82) is 0 Å². The minimum Gasteiger partial charge on any atom is -0.336 e. The van der Waals surface area contributed by atoms with Crippen LogP contribution in [-0.4, -0.2) is 53.2 Å². The number of rotatable bonds is 6. The Morgan fingerprint density at radius 3 is 2.45 bits per heavy atom. The van der Waals surface area contributed by atoms with E-state index in [2.05, 4.69) is 10.3 Å². The van der Waals surface area contributed by atoms with Crippen molar-refractivity contribution in [3.8, 4) is 0 Å². The highest BCUT2D eigenvalue weighted by molar-refractivity contribution is 8.15. The molecule has 0 saturated carbocycles. The molecule has 1 amide bonds. The average molecular weight is 458 g/mol. The third-order valence-corrected chi connectivity index (χ3v) is 8.66. The van der Waals surface area contributed by atoms with Gasteiger partial charge in [0.15, 0.2) is 15.0 Å².